The molecule has 0 radical (unpaired) electrons. The summed E-state index contributed by atoms with van der Waals surface area (Å²) in [5, 5.41) is 14.3. The Morgan fingerprint density at radius 3 is 2.91 bits per heavy atom. The SMILES string of the molecule is CC(=O)N[C@H](Cc1c[nH]c2ccccc12)C(=O)Nc1nncs1. The van der Waals surface area contributed by atoms with E-state index in [1.807, 2.05) is 30.5 Å². The quantitative estimate of drug-likeness (QED) is 0.663. The minimum atomic E-state index is -0.685. The number of anilines is 1. The number of nitrogens with one attached hydrogen (secondary N) is 3. The van der Waals surface area contributed by atoms with Crippen LogP contribution in [0.5, 0.6) is 0 Å². The molecule has 8 heteroatoms. The predicted molar refractivity (Wildman–Crippen MR) is 88.1 cm³/mol. The number of fused-ring (bicyclic) bond motifs is 1. The lowest BCUT2D eigenvalue weighted by molar-refractivity contribution is -0.125. The van der Waals surface area contributed by atoms with Gasteiger partial charge in [0.25, 0.3) is 0 Å². The van der Waals surface area contributed by atoms with Crippen molar-refractivity contribution < 1.29 is 9.59 Å². The summed E-state index contributed by atoms with van der Waals surface area (Å²) in [7, 11) is 0. The number of carbonyl (C=O) groups is 2. The zero-order valence-electron chi connectivity index (χ0n) is 12.4. The van der Waals surface area contributed by atoms with Gasteiger partial charge < -0.3 is 10.3 Å². The molecule has 3 N–H and O–H groups in total. The summed E-state index contributed by atoms with van der Waals surface area (Å²) in [6, 6.07) is 7.14. The third-order valence-electron chi connectivity index (χ3n) is 3.38. The van der Waals surface area contributed by atoms with Crippen LogP contribution in [-0.2, 0) is 16.0 Å². The van der Waals surface area contributed by atoms with Gasteiger partial charge in [-0.15, -0.1) is 10.2 Å². The van der Waals surface area contributed by atoms with Gasteiger partial charge >= 0.3 is 0 Å². The number of aromatic nitrogens is 3. The number of carbonyl (C=O) groups excluding carboxylic acids is 2. The molecule has 0 spiro atoms. The Labute approximate surface area is 136 Å². The van der Waals surface area contributed by atoms with Gasteiger partial charge in [0.1, 0.15) is 11.6 Å². The Bertz CT molecular complexity index is 827. The molecular weight excluding hydrogens is 314 g/mol. The molecule has 0 bridgehead atoms. The molecule has 0 fully saturated rings. The minimum absolute atomic E-state index is 0.262. The fourth-order valence-electron chi connectivity index (χ4n) is 2.40. The van der Waals surface area contributed by atoms with Crippen LogP contribution in [0.15, 0.2) is 36.0 Å². The van der Waals surface area contributed by atoms with Crippen molar-refractivity contribution in [1.29, 1.82) is 0 Å². The fraction of sp³-hybridized carbons (Fsp3) is 0.200. The first-order valence-corrected chi connectivity index (χ1v) is 7.90. The van der Waals surface area contributed by atoms with Crippen molar-refractivity contribution in [2.24, 2.45) is 0 Å². The van der Waals surface area contributed by atoms with Gasteiger partial charge in [-0.1, -0.05) is 29.5 Å². The van der Waals surface area contributed by atoms with Crippen LogP contribution in [0.1, 0.15) is 12.5 Å². The summed E-state index contributed by atoms with van der Waals surface area (Å²) >= 11 is 1.23. The molecule has 118 valence electrons. The molecule has 0 unspecified atom stereocenters. The van der Waals surface area contributed by atoms with Gasteiger partial charge in [-0.25, -0.2) is 0 Å². The summed E-state index contributed by atoms with van der Waals surface area (Å²) in [5.41, 5.74) is 3.49. The smallest absolute Gasteiger partial charge is 0.249 e. The Hall–Kier alpha value is -2.74. The largest absolute Gasteiger partial charge is 0.361 e. The van der Waals surface area contributed by atoms with Crippen molar-refractivity contribution in [3.05, 3.63) is 41.5 Å². The third kappa shape index (κ3) is 3.54. The highest BCUT2D eigenvalue weighted by atomic mass is 32.1. The van der Waals surface area contributed by atoms with Gasteiger partial charge in [0.05, 0.1) is 0 Å². The Balaban J connectivity index is 1.81. The Kier molecular flexibility index (Phi) is 4.33. The minimum Gasteiger partial charge on any atom is -0.361 e. The molecule has 0 aliphatic heterocycles. The topological polar surface area (TPSA) is 99.8 Å². The summed E-state index contributed by atoms with van der Waals surface area (Å²) < 4.78 is 0. The van der Waals surface area contributed by atoms with Crippen LogP contribution in [0.3, 0.4) is 0 Å². The normalized spacial score (nSPS) is 12.0. The number of rotatable bonds is 5. The number of amides is 2. The lowest BCUT2D eigenvalue weighted by Crippen LogP contribution is -2.44. The maximum atomic E-state index is 12.4. The maximum Gasteiger partial charge on any atom is 0.249 e. The summed E-state index contributed by atoms with van der Waals surface area (Å²) in [6.45, 7) is 1.39. The Morgan fingerprint density at radius 2 is 2.17 bits per heavy atom. The molecule has 2 amide bonds. The van der Waals surface area contributed by atoms with Crippen molar-refractivity contribution in [3.8, 4) is 0 Å². The van der Waals surface area contributed by atoms with Crippen LogP contribution in [0, 0.1) is 0 Å². The van der Waals surface area contributed by atoms with E-state index in [-0.39, 0.29) is 11.8 Å². The van der Waals surface area contributed by atoms with Crippen molar-refractivity contribution in [2.45, 2.75) is 19.4 Å². The van der Waals surface area contributed by atoms with Crippen molar-refractivity contribution >= 4 is 39.2 Å². The van der Waals surface area contributed by atoms with E-state index in [2.05, 4.69) is 25.8 Å². The number of nitrogens with zero attached hydrogens (tertiary/aromatic N) is 2. The highest BCUT2D eigenvalue weighted by Crippen LogP contribution is 2.19. The molecular formula is C15H15N5O2S. The number of H-pyrrole nitrogens is 1. The van der Waals surface area contributed by atoms with Crippen LogP contribution >= 0.6 is 11.3 Å². The van der Waals surface area contributed by atoms with Crippen LogP contribution in [-0.4, -0.2) is 33.0 Å². The van der Waals surface area contributed by atoms with E-state index >= 15 is 0 Å². The molecule has 0 aliphatic carbocycles. The average Bonchev–Trinajstić information content (AvgIpc) is 3.16. The molecule has 0 saturated carbocycles. The number of para-hydroxylation sites is 1. The van der Waals surface area contributed by atoms with E-state index in [0.717, 1.165) is 16.5 Å². The second kappa shape index (κ2) is 6.57. The first-order valence-electron chi connectivity index (χ1n) is 7.02. The number of aromatic amines is 1. The summed E-state index contributed by atoms with van der Waals surface area (Å²) in [5.74, 6) is -0.579. The van der Waals surface area contributed by atoms with Gasteiger partial charge in [0, 0.05) is 30.4 Å². The Morgan fingerprint density at radius 1 is 1.35 bits per heavy atom. The second-order valence-corrected chi connectivity index (χ2v) is 5.88. The lowest BCUT2D eigenvalue weighted by atomic mass is 10.0. The van der Waals surface area contributed by atoms with E-state index < -0.39 is 6.04 Å². The standard InChI is InChI=1S/C15H15N5O2S/c1-9(21)18-13(14(22)19-15-20-17-8-23-15)6-10-7-16-12-5-3-2-4-11(10)12/h2-5,7-8,13,16H,6H2,1H3,(H,18,21)(H,19,20,22)/t13-/m1/s1. The number of benzene rings is 1. The van der Waals surface area contributed by atoms with Gasteiger partial charge in [-0.05, 0) is 11.6 Å². The van der Waals surface area contributed by atoms with E-state index in [1.54, 1.807) is 0 Å². The fourth-order valence-corrected chi connectivity index (χ4v) is 2.84. The van der Waals surface area contributed by atoms with Crippen LogP contribution < -0.4 is 10.6 Å². The zero-order chi connectivity index (χ0) is 16.2. The number of hydrogen-bond acceptors (Lipinski definition) is 5. The van der Waals surface area contributed by atoms with Crippen LogP contribution in [0.25, 0.3) is 10.9 Å². The summed E-state index contributed by atoms with van der Waals surface area (Å²) in [4.78, 5) is 27.0. The van der Waals surface area contributed by atoms with Gasteiger partial charge in [-0.3, -0.25) is 14.9 Å². The molecule has 23 heavy (non-hydrogen) atoms. The molecule has 3 rings (SSSR count). The predicted octanol–water partition coefficient (Wildman–Crippen LogP) is 1.71. The summed E-state index contributed by atoms with van der Waals surface area (Å²) in [6.07, 6.45) is 2.24. The van der Waals surface area contributed by atoms with Crippen molar-refractivity contribution in [2.75, 3.05) is 5.32 Å². The van der Waals surface area contributed by atoms with Crippen molar-refractivity contribution in [1.82, 2.24) is 20.5 Å². The third-order valence-corrected chi connectivity index (χ3v) is 3.99. The first kappa shape index (κ1) is 15.2. The van der Waals surface area contributed by atoms with Crippen LogP contribution in [0.4, 0.5) is 5.13 Å². The lowest BCUT2D eigenvalue weighted by Gasteiger charge is -2.16. The second-order valence-electron chi connectivity index (χ2n) is 5.05. The zero-order valence-corrected chi connectivity index (χ0v) is 13.2. The maximum absolute atomic E-state index is 12.4. The first-order chi connectivity index (χ1) is 11.1. The van der Waals surface area contributed by atoms with Crippen molar-refractivity contribution in [3.63, 3.8) is 0 Å². The molecule has 1 aromatic carbocycles. The molecule has 1 atom stereocenters. The van der Waals surface area contributed by atoms with Gasteiger partial charge in [0.2, 0.25) is 16.9 Å². The monoisotopic (exact) mass is 329 g/mol. The average molecular weight is 329 g/mol. The molecule has 0 aliphatic rings. The van der Waals surface area contributed by atoms with E-state index in [1.165, 1.54) is 23.8 Å². The van der Waals surface area contributed by atoms with E-state index in [9.17, 15) is 9.59 Å². The molecule has 3 aromatic rings. The molecule has 7 nitrogen and oxygen atoms in total. The number of hydrogen-bond donors (Lipinski definition) is 3. The molecule has 2 heterocycles. The molecule has 0 saturated heterocycles. The van der Waals surface area contributed by atoms with Gasteiger partial charge in [-0.2, -0.15) is 0 Å². The molecule has 2 aromatic heterocycles. The highest BCUT2D eigenvalue weighted by Gasteiger charge is 2.22. The van der Waals surface area contributed by atoms with E-state index in [4.69, 9.17) is 0 Å². The van der Waals surface area contributed by atoms with E-state index in [0.29, 0.717) is 11.6 Å². The highest BCUT2D eigenvalue weighted by molar-refractivity contribution is 7.13. The van der Waals surface area contributed by atoms with Gasteiger partial charge in [0.15, 0.2) is 0 Å². The van der Waals surface area contributed by atoms with Crippen LogP contribution in [0.2, 0.25) is 0 Å².